The summed E-state index contributed by atoms with van der Waals surface area (Å²) in [7, 11) is 0. The lowest BCUT2D eigenvalue weighted by Gasteiger charge is -2.18. The highest BCUT2D eigenvalue weighted by atomic mass is 79.9. The predicted molar refractivity (Wildman–Crippen MR) is 94.6 cm³/mol. The number of aromatic nitrogens is 1. The van der Waals surface area contributed by atoms with Gasteiger partial charge in [0.1, 0.15) is 5.01 Å². The van der Waals surface area contributed by atoms with Crippen LogP contribution in [0.3, 0.4) is 0 Å². The number of nitrogens with one attached hydrogen (secondary N) is 1. The summed E-state index contributed by atoms with van der Waals surface area (Å²) in [5.74, 6) is -0.0234. The average molecular weight is 382 g/mol. The SMILES string of the molecule is CC(NC(=O)[C@@H](N)C(C)C)c1nc(-c2ccc(Br)cc2)cs1. The zero-order valence-corrected chi connectivity index (χ0v) is 15.2. The average Bonchev–Trinajstić information content (AvgIpc) is 2.96. The van der Waals surface area contributed by atoms with Gasteiger partial charge in [-0.3, -0.25) is 4.79 Å². The number of halogens is 1. The number of nitrogens with zero attached hydrogens (tertiary/aromatic N) is 1. The lowest BCUT2D eigenvalue weighted by atomic mass is 10.0. The van der Waals surface area contributed by atoms with E-state index in [1.54, 1.807) is 11.3 Å². The highest BCUT2D eigenvalue weighted by Gasteiger charge is 2.20. The van der Waals surface area contributed by atoms with Crippen LogP contribution in [0.25, 0.3) is 11.3 Å². The first-order chi connectivity index (χ1) is 10.4. The molecule has 0 saturated carbocycles. The quantitative estimate of drug-likeness (QED) is 0.828. The molecule has 0 bridgehead atoms. The lowest BCUT2D eigenvalue weighted by Crippen LogP contribution is -2.44. The summed E-state index contributed by atoms with van der Waals surface area (Å²) < 4.78 is 1.04. The second-order valence-electron chi connectivity index (χ2n) is 5.58. The van der Waals surface area contributed by atoms with Gasteiger partial charge in [0.15, 0.2) is 0 Å². The Morgan fingerprint density at radius 2 is 1.91 bits per heavy atom. The number of carbonyl (C=O) groups excluding carboxylic acids is 1. The predicted octanol–water partition coefficient (Wildman–Crippen LogP) is 3.73. The molecule has 1 unspecified atom stereocenters. The fourth-order valence-electron chi connectivity index (χ4n) is 1.91. The summed E-state index contributed by atoms with van der Waals surface area (Å²) in [4.78, 5) is 16.6. The van der Waals surface area contributed by atoms with Crippen molar-refractivity contribution in [2.75, 3.05) is 0 Å². The molecule has 22 heavy (non-hydrogen) atoms. The maximum atomic E-state index is 12.0. The summed E-state index contributed by atoms with van der Waals surface area (Å²) in [5.41, 5.74) is 7.84. The van der Waals surface area contributed by atoms with E-state index in [1.165, 1.54) is 0 Å². The number of carbonyl (C=O) groups is 1. The number of rotatable bonds is 5. The fourth-order valence-corrected chi connectivity index (χ4v) is 3.01. The Morgan fingerprint density at radius 3 is 2.50 bits per heavy atom. The van der Waals surface area contributed by atoms with Gasteiger partial charge in [-0.15, -0.1) is 11.3 Å². The van der Waals surface area contributed by atoms with Gasteiger partial charge < -0.3 is 11.1 Å². The van der Waals surface area contributed by atoms with Gasteiger partial charge in [0.2, 0.25) is 5.91 Å². The molecule has 0 aliphatic carbocycles. The van der Waals surface area contributed by atoms with E-state index in [2.05, 4.69) is 26.2 Å². The maximum Gasteiger partial charge on any atom is 0.237 e. The Bertz CT molecular complexity index is 639. The number of hydrogen-bond donors (Lipinski definition) is 2. The normalized spacial score (nSPS) is 13.9. The van der Waals surface area contributed by atoms with E-state index in [0.29, 0.717) is 0 Å². The van der Waals surface area contributed by atoms with Gasteiger partial charge in [0, 0.05) is 15.4 Å². The van der Waals surface area contributed by atoms with Crippen molar-refractivity contribution in [3.05, 3.63) is 39.1 Å². The summed E-state index contributed by atoms with van der Waals surface area (Å²) in [6.45, 7) is 5.79. The van der Waals surface area contributed by atoms with E-state index in [9.17, 15) is 4.79 Å². The molecule has 0 saturated heterocycles. The molecule has 0 fully saturated rings. The molecule has 6 heteroatoms. The molecular weight excluding hydrogens is 362 g/mol. The Balaban J connectivity index is 2.07. The van der Waals surface area contributed by atoms with Crippen LogP contribution in [0.15, 0.2) is 34.1 Å². The number of nitrogens with two attached hydrogens (primary N) is 1. The summed E-state index contributed by atoms with van der Waals surface area (Å²) in [5, 5.41) is 5.81. The highest BCUT2D eigenvalue weighted by Crippen LogP contribution is 2.26. The molecule has 1 aromatic carbocycles. The van der Waals surface area contributed by atoms with Gasteiger partial charge in [-0.1, -0.05) is 41.9 Å². The van der Waals surface area contributed by atoms with Crippen molar-refractivity contribution in [2.45, 2.75) is 32.9 Å². The second-order valence-corrected chi connectivity index (χ2v) is 7.38. The zero-order valence-electron chi connectivity index (χ0n) is 12.8. The maximum absolute atomic E-state index is 12.0. The first-order valence-electron chi connectivity index (χ1n) is 7.15. The Hall–Kier alpha value is -1.24. The van der Waals surface area contributed by atoms with Crippen LogP contribution in [-0.2, 0) is 4.79 Å². The first-order valence-corrected chi connectivity index (χ1v) is 8.83. The smallest absolute Gasteiger partial charge is 0.237 e. The zero-order chi connectivity index (χ0) is 16.3. The van der Waals surface area contributed by atoms with Gasteiger partial charge >= 0.3 is 0 Å². The Morgan fingerprint density at radius 1 is 1.27 bits per heavy atom. The highest BCUT2D eigenvalue weighted by molar-refractivity contribution is 9.10. The fraction of sp³-hybridized carbons (Fsp3) is 0.375. The van der Waals surface area contributed by atoms with Crippen LogP contribution in [0, 0.1) is 5.92 Å². The minimum atomic E-state index is -0.492. The number of thiazole rings is 1. The van der Waals surface area contributed by atoms with Crippen molar-refractivity contribution < 1.29 is 4.79 Å². The molecule has 3 N–H and O–H groups in total. The molecule has 0 spiro atoms. The van der Waals surface area contributed by atoms with Crippen molar-refractivity contribution >= 4 is 33.2 Å². The van der Waals surface area contributed by atoms with Crippen LogP contribution in [-0.4, -0.2) is 16.9 Å². The Labute approximate surface area is 143 Å². The minimum absolute atomic E-state index is 0.113. The molecule has 0 aliphatic heterocycles. The number of hydrogen-bond acceptors (Lipinski definition) is 4. The van der Waals surface area contributed by atoms with E-state index in [-0.39, 0.29) is 17.9 Å². The summed E-state index contributed by atoms with van der Waals surface area (Å²) >= 11 is 4.96. The van der Waals surface area contributed by atoms with Crippen LogP contribution in [0.5, 0.6) is 0 Å². The first kappa shape index (κ1) is 17.1. The third-order valence-electron chi connectivity index (χ3n) is 3.41. The van der Waals surface area contributed by atoms with Crippen LogP contribution < -0.4 is 11.1 Å². The van der Waals surface area contributed by atoms with E-state index >= 15 is 0 Å². The molecule has 1 aromatic heterocycles. The van der Waals surface area contributed by atoms with Crippen LogP contribution in [0.2, 0.25) is 0 Å². The standard InChI is InChI=1S/C16H20BrN3OS/c1-9(2)14(18)15(21)19-10(3)16-20-13(8-22-16)11-4-6-12(17)7-5-11/h4-10,14H,18H2,1-3H3,(H,19,21)/t10?,14-/m0/s1. The molecule has 0 aliphatic rings. The monoisotopic (exact) mass is 381 g/mol. The van der Waals surface area contributed by atoms with E-state index in [0.717, 1.165) is 20.7 Å². The Kier molecular flexibility index (Phi) is 5.72. The van der Waals surface area contributed by atoms with Crippen LogP contribution in [0.1, 0.15) is 31.8 Å². The molecule has 2 aromatic rings. The lowest BCUT2D eigenvalue weighted by molar-refractivity contribution is -0.123. The topological polar surface area (TPSA) is 68.0 Å². The van der Waals surface area contributed by atoms with Crippen molar-refractivity contribution in [3.8, 4) is 11.3 Å². The van der Waals surface area contributed by atoms with E-state index in [4.69, 9.17) is 5.73 Å². The molecule has 4 nitrogen and oxygen atoms in total. The number of amides is 1. The molecule has 2 rings (SSSR count). The van der Waals surface area contributed by atoms with Crippen LogP contribution >= 0.6 is 27.3 Å². The van der Waals surface area contributed by atoms with Gasteiger partial charge in [0.05, 0.1) is 17.8 Å². The third-order valence-corrected chi connectivity index (χ3v) is 4.97. The largest absolute Gasteiger partial charge is 0.346 e. The van der Waals surface area contributed by atoms with E-state index < -0.39 is 6.04 Å². The van der Waals surface area contributed by atoms with Gasteiger partial charge in [-0.2, -0.15) is 0 Å². The molecule has 1 heterocycles. The molecule has 0 radical (unpaired) electrons. The second kappa shape index (κ2) is 7.35. The minimum Gasteiger partial charge on any atom is -0.346 e. The van der Waals surface area contributed by atoms with Crippen molar-refractivity contribution in [1.82, 2.24) is 10.3 Å². The molecular formula is C16H20BrN3OS. The third kappa shape index (κ3) is 4.15. The van der Waals surface area contributed by atoms with Gasteiger partial charge in [0.25, 0.3) is 0 Å². The molecule has 2 atom stereocenters. The van der Waals surface area contributed by atoms with Crippen molar-refractivity contribution in [1.29, 1.82) is 0 Å². The van der Waals surface area contributed by atoms with E-state index in [1.807, 2.05) is 50.4 Å². The van der Waals surface area contributed by atoms with Gasteiger partial charge in [-0.05, 0) is 25.0 Å². The molecule has 118 valence electrons. The summed E-state index contributed by atoms with van der Waals surface area (Å²) in [6, 6.07) is 7.37. The van der Waals surface area contributed by atoms with Crippen molar-refractivity contribution in [3.63, 3.8) is 0 Å². The molecule has 1 amide bonds. The van der Waals surface area contributed by atoms with Crippen molar-refractivity contribution in [2.24, 2.45) is 11.7 Å². The van der Waals surface area contributed by atoms with Gasteiger partial charge in [-0.25, -0.2) is 4.98 Å². The summed E-state index contributed by atoms with van der Waals surface area (Å²) in [6.07, 6.45) is 0. The van der Waals surface area contributed by atoms with Crippen LogP contribution in [0.4, 0.5) is 0 Å². The number of benzene rings is 1.